The zero-order valence-corrected chi connectivity index (χ0v) is 12.4. The van der Waals surface area contributed by atoms with Crippen LogP contribution in [-0.4, -0.2) is 23.6 Å². The number of aromatic nitrogens is 2. The van der Waals surface area contributed by atoms with E-state index in [1.807, 2.05) is 0 Å². The Hall–Kier alpha value is -1.03. The lowest BCUT2D eigenvalue weighted by Crippen LogP contribution is -2.17. The van der Waals surface area contributed by atoms with Crippen LogP contribution in [0.5, 0.6) is 5.75 Å². The number of rotatable bonds is 5. The highest BCUT2D eigenvalue weighted by Crippen LogP contribution is 2.31. The Balaban J connectivity index is 1.84. The smallest absolute Gasteiger partial charge is 0.198 e. The summed E-state index contributed by atoms with van der Waals surface area (Å²) in [6.07, 6.45) is 8.09. The van der Waals surface area contributed by atoms with Gasteiger partial charge in [0.05, 0.1) is 7.11 Å². The Morgan fingerprint density at radius 1 is 1.42 bits per heavy atom. The standard InChI is InChI=1S/C14H22ClN3O/c1-10-4-3-5-11(8-10)6-7-16-14-12(19-2)13(15)17-9-18-14/h9-11H,3-8H2,1-2H3,(H,16,17,18). The van der Waals surface area contributed by atoms with Gasteiger partial charge in [0.15, 0.2) is 16.7 Å². The van der Waals surface area contributed by atoms with Crippen molar-refractivity contribution < 1.29 is 4.74 Å². The highest BCUT2D eigenvalue weighted by atomic mass is 35.5. The van der Waals surface area contributed by atoms with Gasteiger partial charge in [0, 0.05) is 6.54 Å². The molecule has 19 heavy (non-hydrogen) atoms. The first kappa shape index (κ1) is 14.4. The summed E-state index contributed by atoms with van der Waals surface area (Å²) < 4.78 is 5.22. The first-order valence-electron chi connectivity index (χ1n) is 6.99. The molecule has 0 amide bonds. The van der Waals surface area contributed by atoms with Crippen LogP contribution in [0.4, 0.5) is 5.82 Å². The van der Waals surface area contributed by atoms with Crippen molar-refractivity contribution in [3.05, 3.63) is 11.5 Å². The molecule has 1 heterocycles. The quantitative estimate of drug-likeness (QED) is 0.836. The molecule has 106 valence electrons. The Bertz CT molecular complexity index is 414. The highest BCUT2D eigenvalue weighted by molar-refractivity contribution is 6.31. The van der Waals surface area contributed by atoms with Crippen LogP contribution in [0.1, 0.15) is 39.0 Å². The van der Waals surface area contributed by atoms with E-state index in [9.17, 15) is 0 Å². The molecular formula is C14H22ClN3O. The molecule has 1 aliphatic rings. The number of halogens is 1. The third-order valence-electron chi connectivity index (χ3n) is 3.85. The fraction of sp³-hybridized carbons (Fsp3) is 0.714. The molecule has 5 heteroatoms. The topological polar surface area (TPSA) is 47.0 Å². The van der Waals surface area contributed by atoms with Gasteiger partial charge in [0.25, 0.3) is 0 Å². The normalized spacial score (nSPS) is 23.1. The van der Waals surface area contributed by atoms with Crippen molar-refractivity contribution in [2.45, 2.75) is 39.0 Å². The first-order valence-corrected chi connectivity index (χ1v) is 7.37. The van der Waals surface area contributed by atoms with Crippen molar-refractivity contribution in [1.82, 2.24) is 9.97 Å². The molecule has 2 atom stereocenters. The van der Waals surface area contributed by atoms with Crippen LogP contribution < -0.4 is 10.1 Å². The van der Waals surface area contributed by atoms with E-state index in [4.69, 9.17) is 16.3 Å². The minimum absolute atomic E-state index is 0.353. The van der Waals surface area contributed by atoms with Crippen molar-refractivity contribution in [2.75, 3.05) is 19.0 Å². The van der Waals surface area contributed by atoms with E-state index in [1.165, 1.54) is 38.4 Å². The number of anilines is 1. The zero-order chi connectivity index (χ0) is 13.7. The maximum atomic E-state index is 5.96. The SMILES string of the molecule is COc1c(Cl)ncnc1NCCC1CCCC(C)C1. The van der Waals surface area contributed by atoms with E-state index in [-0.39, 0.29) is 0 Å². The second-order valence-electron chi connectivity index (χ2n) is 5.40. The second-order valence-corrected chi connectivity index (χ2v) is 5.76. The van der Waals surface area contributed by atoms with Gasteiger partial charge in [-0.15, -0.1) is 0 Å². The van der Waals surface area contributed by atoms with Gasteiger partial charge in [-0.2, -0.15) is 0 Å². The average Bonchev–Trinajstić information content (AvgIpc) is 2.39. The summed E-state index contributed by atoms with van der Waals surface area (Å²) >= 11 is 5.96. The van der Waals surface area contributed by atoms with Gasteiger partial charge in [-0.1, -0.05) is 37.8 Å². The molecule has 1 aromatic rings. The predicted octanol–water partition coefficient (Wildman–Crippen LogP) is 3.77. The molecule has 1 saturated carbocycles. The number of nitrogens with zero attached hydrogens (tertiary/aromatic N) is 2. The second kappa shape index (κ2) is 6.94. The number of hydrogen-bond donors (Lipinski definition) is 1. The Kier molecular flexibility index (Phi) is 5.25. The van der Waals surface area contributed by atoms with E-state index in [2.05, 4.69) is 22.2 Å². The molecule has 0 spiro atoms. The third kappa shape index (κ3) is 3.96. The summed E-state index contributed by atoms with van der Waals surface area (Å²) in [5, 5.41) is 3.66. The largest absolute Gasteiger partial charge is 0.490 e. The fourth-order valence-corrected chi connectivity index (χ4v) is 3.09. The van der Waals surface area contributed by atoms with E-state index in [0.29, 0.717) is 16.7 Å². The van der Waals surface area contributed by atoms with Gasteiger partial charge in [-0.3, -0.25) is 0 Å². The number of nitrogens with one attached hydrogen (secondary N) is 1. The van der Waals surface area contributed by atoms with Crippen LogP contribution in [-0.2, 0) is 0 Å². The van der Waals surface area contributed by atoms with Gasteiger partial charge in [-0.05, 0) is 24.7 Å². The van der Waals surface area contributed by atoms with Crippen molar-refractivity contribution in [2.24, 2.45) is 11.8 Å². The van der Waals surface area contributed by atoms with Crippen molar-refractivity contribution in [3.8, 4) is 5.75 Å². The Labute approximate surface area is 119 Å². The molecule has 2 rings (SSSR count). The van der Waals surface area contributed by atoms with Crippen LogP contribution in [0.25, 0.3) is 0 Å². The minimum atomic E-state index is 0.353. The Morgan fingerprint density at radius 3 is 3.00 bits per heavy atom. The maximum absolute atomic E-state index is 5.96. The predicted molar refractivity (Wildman–Crippen MR) is 77.8 cm³/mol. The molecule has 2 unspecified atom stereocenters. The minimum Gasteiger partial charge on any atom is -0.490 e. The molecule has 0 saturated heterocycles. The molecule has 0 radical (unpaired) electrons. The van der Waals surface area contributed by atoms with Crippen molar-refractivity contribution in [3.63, 3.8) is 0 Å². The summed E-state index contributed by atoms with van der Waals surface area (Å²) in [6, 6.07) is 0. The summed E-state index contributed by atoms with van der Waals surface area (Å²) in [6.45, 7) is 3.26. The van der Waals surface area contributed by atoms with Crippen molar-refractivity contribution in [1.29, 1.82) is 0 Å². The van der Waals surface area contributed by atoms with E-state index in [1.54, 1.807) is 7.11 Å². The molecule has 4 nitrogen and oxygen atoms in total. The summed E-state index contributed by atoms with van der Waals surface area (Å²) in [5.74, 6) is 2.92. The zero-order valence-electron chi connectivity index (χ0n) is 11.7. The fourth-order valence-electron chi connectivity index (χ4n) is 2.88. The monoisotopic (exact) mass is 283 g/mol. The molecular weight excluding hydrogens is 262 g/mol. The van der Waals surface area contributed by atoms with Gasteiger partial charge >= 0.3 is 0 Å². The molecule has 1 fully saturated rings. The number of hydrogen-bond acceptors (Lipinski definition) is 4. The summed E-state index contributed by atoms with van der Waals surface area (Å²) in [7, 11) is 1.58. The lowest BCUT2D eigenvalue weighted by molar-refractivity contribution is 0.274. The van der Waals surface area contributed by atoms with Gasteiger partial charge in [0.2, 0.25) is 0 Å². The van der Waals surface area contributed by atoms with E-state index in [0.717, 1.165) is 18.4 Å². The van der Waals surface area contributed by atoms with Gasteiger partial charge in [0.1, 0.15) is 6.33 Å². The lowest BCUT2D eigenvalue weighted by atomic mass is 9.81. The summed E-state index contributed by atoms with van der Waals surface area (Å²) in [4.78, 5) is 8.08. The van der Waals surface area contributed by atoms with Gasteiger partial charge < -0.3 is 10.1 Å². The maximum Gasteiger partial charge on any atom is 0.198 e. The lowest BCUT2D eigenvalue weighted by Gasteiger charge is -2.26. The first-order chi connectivity index (χ1) is 9.20. The van der Waals surface area contributed by atoms with Crippen molar-refractivity contribution >= 4 is 17.4 Å². The van der Waals surface area contributed by atoms with E-state index < -0.39 is 0 Å². The number of ether oxygens (including phenoxy) is 1. The third-order valence-corrected chi connectivity index (χ3v) is 4.12. The van der Waals surface area contributed by atoms with Crippen LogP contribution in [0, 0.1) is 11.8 Å². The van der Waals surface area contributed by atoms with Crippen LogP contribution in [0.15, 0.2) is 6.33 Å². The molecule has 0 aliphatic heterocycles. The number of methoxy groups -OCH3 is 1. The molecule has 1 aliphatic carbocycles. The molecule has 1 N–H and O–H groups in total. The molecule has 0 aromatic carbocycles. The average molecular weight is 284 g/mol. The van der Waals surface area contributed by atoms with E-state index >= 15 is 0 Å². The Morgan fingerprint density at radius 2 is 2.26 bits per heavy atom. The van der Waals surface area contributed by atoms with Crippen LogP contribution >= 0.6 is 11.6 Å². The molecule has 1 aromatic heterocycles. The van der Waals surface area contributed by atoms with Crippen LogP contribution in [0.3, 0.4) is 0 Å². The molecule has 0 bridgehead atoms. The van der Waals surface area contributed by atoms with Crippen LogP contribution in [0.2, 0.25) is 5.15 Å². The highest BCUT2D eigenvalue weighted by Gasteiger charge is 2.18. The van der Waals surface area contributed by atoms with Gasteiger partial charge in [-0.25, -0.2) is 9.97 Å². The summed E-state index contributed by atoms with van der Waals surface area (Å²) in [5.41, 5.74) is 0.